The summed E-state index contributed by atoms with van der Waals surface area (Å²) in [6, 6.07) is 7.39. The predicted molar refractivity (Wildman–Crippen MR) is 58.3 cm³/mol. The molecule has 0 aliphatic carbocycles. The van der Waals surface area contributed by atoms with Crippen molar-refractivity contribution >= 4 is 5.69 Å². The molecule has 1 N–H and O–H groups in total. The monoisotopic (exact) mass is 216 g/mol. The largest absolute Gasteiger partial charge is 0.387 e. The van der Waals surface area contributed by atoms with Crippen molar-refractivity contribution < 1.29 is 5.11 Å². The molecule has 0 bridgehead atoms. The summed E-state index contributed by atoms with van der Waals surface area (Å²) in [6.07, 6.45) is 0.936. The molecule has 0 aliphatic rings. The van der Waals surface area contributed by atoms with Crippen molar-refractivity contribution in [3.63, 3.8) is 0 Å². The minimum atomic E-state index is -0.616. The highest BCUT2D eigenvalue weighted by atomic mass is 16.3. The Bertz CT molecular complexity index is 397. The quantitative estimate of drug-likeness (QED) is 0.758. The van der Waals surface area contributed by atoms with Gasteiger partial charge in [0, 0.05) is 0 Å². The Morgan fingerprint density at radius 1 is 1.38 bits per heavy atom. The van der Waals surface area contributed by atoms with Gasteiger partial charge in [0.1, 0.15) is 13.1 Å². The van der Waals surface area contributed by atoms with E-state index >= 15 is 0 Å². The van der Waals surface area contributed by atoms with Crippen molar-refractivity contribution in [1.82, 2.24) is 4.98 Å². The van der Waals surface area contributed by atoms with Crippen LogP contribution in [-0.2, 0) is 0 Å². The average Bonchev–Trinajstić information content (AvgIpc) is 2.29. The van der Waals surface area contributed by atoms with Crippen LogP contribution in [0.4, 0.5) is 5.69 Å². The van der Waals surface area contributed by atoms with Crippen molar-refractivity contribution in [3.05, 3.63) is 24.0 Å². The van der Waals surface area contributed by atoms with E-state index in [9.17, 15) is 5.11 Å². The Morgan fingerprint density at radius 3 is 2.38 bits per heavy atom. The number of hydrogen-bond donors (Lipinski definition) is 1. The molecule has 1 atom stereocenters. The van der Waals surface area contributed by atoms with E-state index in [1.54, 1.807) is 30.2 Å². The van der Waals surface area contributed by atoms with Crippen LogP contribution in [0.25, 0.3) is 0 Å². The Kier molecular flexibility index (Phi) is 4.26. The second-order valence-electron chi connectivity index (χ2n) is 3.29. The van der Waals surface area contributed by atoms with E-state index in [0.717, 1.165) is 0 Å². The van der Waals surface area contributed by atoms with Crippen molar-refractivity contribution in [2.45, 2.75) is 13.0 Å². The van der Waals surface area contributed by atoms with E-state index in [4.69, 9.17) is 10.5 Å². The van der Waals surface area contributed by atoms with Crippen LogP contribution in [-0.4, -0.2) is 23.2 Å². The van der Waals surface area contributed by atoms with Gasteiger partial charge in [0.2, 0.25) is 0 Å². The fraction of sp³-hybridized carbons (Fsp3) is 0.364. The van der Waals surface area contributed by atoms with Gasteiger partial charge in [-0.2, -0.15) is 10.5 Å². The predicted octanol–water partition coefficient (Wildman–Crippen LogP) is 0.988. The third kappa shape index (κ3) is 2.94. The second kappa shape index (κ2) is 5.69. The molecule has 1 aromatic rings. The van der Waals surface area contributed by atoms with E-state index in [-0.39, 0.29) is 13.1 Å². The van der Waals surface area contributed by atoms with Gasteiger partial charge in [0.15, 0.2) is 0 Å². The smallest absolute Gasteiger partial charge is 0.107 e. The number of nitrogens with zero attached hydrogens (tertiary/aromatic N) is 4. The summed E-state index contributed by atoms with van der Waals surface area (Å²) in [5.41, 5.74) is 1.27. The topological polar surface area (TPSA) is 83.9 Å². The number of aromatic nitrogens is 1. The average molecular weight is 216 g/mol. The van der Waals surface area contributed by atoms with Crippen molar-refractivity contribution in [3.8, 4) is 12.1 Å². The number of anilines is 1. The van der Waals surface area contributed by atoms with Crippen molar-refractivity contribution in [2.75, 3.05) is 18.0 Å². The molecule has 0 saturated carbocycles. The Balaban J connectivity index is 2.86. The first-order chi connectivity index (χ1) is 7.69. The molecule has 82 valence electrons. The summed E-state index contributed by atoms with van der Waals surface area (Å²) in [7, 11) is 0. The fourth-order valence-corrected chi connectivity index (χ4v) is 1.24. The highest BCUT2D eigenvalue weighted by Gasteiger charge is 2.07. The van der Waals surface area contributed by atoms with E-state index < -0.39 is 6.10 Å². The normalized spacial score (nSPS) is 11.2. The van der Waals surface area contributed by atoms with Crippen molar-refractivity contribution in [2.24, 2.45) is 0 Å². The number of pyridine rings is 1. The minimum absolute atomic E-state index is 0.142. The summed E-state index contributed by atoms with van der Waals surface area (Å²) < 4.78 is 0. The Morgan fingerprint density at radius 2 is 2.00 bits per heavy atom. The molecular weight excluding hydrogens is 204 g/mol. The van der Waals surface area contributed by atoms with Gasteiger partial charge in [-0.25, -0.2) is 0 Å². The number of aliphatic hydroxyl groups excluding tert-OH is 1. The minimum Gasteiger partial charge on any atom is -0.387 e. The molecule has 1 aromatic heterocycles. The molecule has 1 heterocycles. The lowest BCUT2D eigenvalue weighted by atomic mass is 10.2. The van der Waals surface area contributed by atoms with Crippen LogP contribution < -0.4 is 4.90 Å². The molecular formula is C11H12N4O. The lowest BCUT2D eigenvalue weighted by molar-refractivity contribution is 0.194. The summed E-state index contributed by atoms with van der Waals surface area (Å²) >= 11 is 0. The van der Waals surface area contributed by atoms with Crippen LogP contribution in [0.1, 0.15) is 18.7 Å². The standard InChI is InChI=1S/C11H12N4O/c1-9(16)11-3-2-10(8-14-11)15(6-4-12)7-5-13/h2-3,8-9,16H,6-7H2,1H3/t9-/m1/s1. The first-order valence-corrected chi connectivity index (χ1v) is 4.82. The zero-order valence-electron chi connectivity index (χ0n) is 8.96. The van der Waals surface area contributed by atoms with Gasteiger partial charge in [-0.05, 0) is 19.1 Å². The summed E-state index contributed by atoms with van der Waals surface area (Å²) in [5.74, 6) is 0. The fourth-order valence-electron chi connectivity index (χ4n) is 1.24. The molecule has 0 radical (unpaired) electrons. The molecule has 0 aromatic carbocycles. The summed E-state index contributed by atoms with van der Waals surface area (Å²) in [6.45, 7) is 1.91. The summed E-state index contributed by atoms with van der Waals surface area (Å²) in [4.78, 5) is 5.66. The van der Waals surface area contributed by atoms with Gasteiger partial charge in [0.05, 0.1) is 35.8 Å². The zero-order valence-corrected chi connectivity index (χ0v) is 8.96. The molecule has 0 amide bonds. The number of hydrogen-bond acceptors (Lipinski definition) is 5. The van der Waals surface area contributed by atoms with Crippen LogP contribution in [0.5, 0.6) is 0 Å². The second-order valence-corrected chi connectivity index (χ2v) is 3.29. The zero-order chi connectivity index (χ0) is 12.0. The lowest BCUT2D eigenvalue weighted by Crippen LogP contribution is -2.23. The van der Waals surface area contributed by atoms with Crippen LogP contribution in [0.3, 0.4) is 0 Å². The third-order valence-electron chi connectivity index (χ3n) is 2.09. The highest BCUT2D eigenvalue weighted by Crippen LogP contribution is 2.15. The van der Waals surface area contributed by atoms with Crippen LogP contribution in [0, 0.1) is 22.7 Å². The van der Waals surface area contributed by atoms with Gasteiger partial charge in [0.25, 0.3) is 0 Å². The molecule has 5 nitrogen and oxygen atoms in total. The first kappa shape index (κ1) is 12.0. The molecule has 5 heteroatoms. The molecule has 0 fully saturated rings. The maximum absolute atomic E-state index is 9.28. The molecule has 16 heavy (non-hydrogen) atoms. The Hall–Kier alpha value is -2.11. The van der Waals surface area contributed by atoms with Gasteiger partial charge < -0.3 is 10.0 Å². The maximum Gasteiger partial charge on any atom is 0.107 e. The van der Waals surface area contributed by atoms with Gasteiger partial charge >= 0.3 is 0 Å². The first-order valence-electron chi connectivity index (χ1n) is 4.82. The number of nitriles is 2. The molecule has 0 saturated heterocycles. The van der Waals surface area contributed by atoms with E-state index in [1.807, 2.05) is 12.1 Å². The third-order valence-corrected chi connectivity index (χ3v) is 2.09. The van der Waals surface area contributed by atoms with Gasteiger partial charge in [-0.1, -0.05) is 0 Å². The number of rotatable bonds is 4. The highest BCUT2D eigenvalue weighted by molar-refractivity contribution is 5.46. The van der Waals surface area contributed by atoms with Gasteiger partial charge in [-0.15, -0.1) is 0 Å². The van der Waals surface area contributed by atoms with Crippen LogP contribution in [0.2, 0.25) is 0 Å². The SMILES string of the molecule is C[C@@H](O)c1ccc(N(CC#N)CC#N)cn1. The number of aliphatic hydroxyl groups is 1. The van der Waals surface area contributed by atoms with E-state index in [2.05, 4.69) is 4.98 Å². The van der Waals surface area contributed by atoms with Crippen LogP contribution in [0.15, 0.2) is 18.3 Å². The molecule has 0 aliphatic heterocycles. The molecule has 1 rings (SSSR count). The van der Waals surface area contributed by atoms with E-state index in [0.29, 0.717) is 11.4 Å². The van der Waals surface area contributed by atoms with Gasteiger partial charge in [-0.3, -0.25) is 4.98 Å². The lowest BCUT2D eigenvalue weighted by Gasteiger charge is -2.17. The van der Waals surface area contributed by atoms with Crippen molar-refractivity contribution in [1.29, 1.82) is 10.5 Å². The molecule has 0 spiro atoms. The van der Waals surface area contributed by atoms with E-state index in [1.165, 1.54) is 0 Å². The van der Waals surface area contributed by atoms with Crippen LogP contribution >= 0.6 is 0 Å². The summed E-state index contributed by atoms with van der Waals surface area (Å²) in [5, 5.41) is 26.5. The Labute approximate surface area is 94.2 Å². The maximum atomic E-state index is 9.28. The molecule has 0 unspecified atom stereocenters.